The topological polar surface area (TPSA) is 105 Å². The molecule has 3 N–H and O–H groups in total. The van der Waals surface area contributed by atoms with E-state index >= 15 is 0 Å². The maximum atomic E-state index is 12.0. The molecule has 0 fully saturated rings. The minimum atomic E-state index is -4.39. The van der Waals surface area contributed by atoms with Crippen molar-refractivity contribution in [3.63, 3.8) is 0 Å². The molecule has 8 nitrogen and oxygen atoms in total. The Labute approximate surface area is 215 Å². The van der Waals surface area contributed by atoms with Crippen LogP contribution in [0.15, 0.2) is 0 Å². The number of nitrogens with zero attached hydrogens (tertiary/aromatic N) is 1. The first-order chi connectivity index (χ1) is 16.6. The molecule has 2 unspecified atom stereocenters. The Morgan fingerprint density at radius 1 is 0.743 bits per heavy atom. The van der Waals surface area contributed by atoms with E-state index < -0.39 is 26.8 Å². The summed E-state index contributed by atoms with van der Waals surface area (Å²) in [6, 6.07) is 0. The highest BCUT2D eigenvalue weighted by molar-refractivity contribution is 7.47. The quantitative estimate of drug-likeness (QED) is 0.0567. The Morgan fingerprint density at radius 3 is 1.57 bits per heavy atom. The first-order valence-corrected chi connectivity index (χ1v) is 15.5. The Balaban J connectivity index is 3.65. The summed E-state index contributed by atoms with van der Waals surface area (Å²) in [5.74, 6) is 0. The van der Waals surface area contributed by atoms with E-state index in [1.54, 1.807) is 0 Å². The fourth-order valence-electron chi connectivity index (χ4n) is 3.77. The smallest absolute Gasteiger partial charge is 0.393 e. The maximum Gasteiger partial charge on any atom is 0.472 e. The summed E-state index contributed by atoms with van der Waals surface area (Å²) in [5, 5.41) is 19.5. The number of rotatable bonds is 26. The molecule has 0 aliphatic rings. The van der Waals surface area contributed by atoms with Crippen molar-refractivity contribution in [1.82, 2.24) is 0 Å². The van der Waals surface area contributed by atoms with Crippen LogP contribution in [-0.2, 0) is 18.3 Å². The van der Waals surface area contributed by atoms with Gasteiger partial charge < -0.3 is 24.3 Å². The Kier molecular flexibility index (Phi) is 21.9. The Hall–Kier alpha value is -0.0500. The van der Waals surface area contributed by atoms with E-state index in [1.165, 1.54) is 83.5 Å². The fourth-order valence-corrected chi connectivity index (χ4v) is 4.65. The predicted molar refractivity (Wildman–Crippen MR) is 142 cm³/mol. The molecule has 0 aliphatic heterocycles. The minimum absolute atomic E-state index is 0.0194. The van der Waals surface area contributed by atoms with Crippen LogP contribution in [0.5, 0.6) is 0 Å². The summed E-state index contributed by atoms with van der Waals surface area (Å²) in [6.07, 6.45) is 17.6. The summed E-state index contributed by atoms with van der Waals surface area (Å²) in [6.45, 7) is 2.45. The highest BCUT2D eigenvalue weighted by Crippen LogP contribution is 2.45. The molecule has 0 heterocycles. The predicted octanol–water partition coefficient (Wildman–Crippen LogP) is 5.78. The largest absolute Gasteiger partial charge is 0.472 e. The molecule has 0 spiro atoms. The summed E-state index contributed by atoms with van der Waals surface area (Å²) in [5.41, 5.74) is 0. The SMILES string of the molecule is CCCCCCCCCCCCCCCCCCOC(O)[C@H](CO)OP(=O)(O)OCC[N+](C)(C)C. The zero-order valence-electron chi connectivity index (χ0n) is 23.2. The van der Waals surface area contributed by atoms with Crippen LogP contribution in [-0.4, -0.2) is 79.5 Å². The number of unbranched alkanes of at least 4 members (excludes halogenated alkanes) is 15. The lowest BCUT2D eigenvalue weighted by Crippen LogP contribution is -2.38. The summed E-state index contributed by atoms with van der Waals surface area (Å²) in [4.78, 5) is 9.81. The van der Waals surface area contributed by atoms with Crippen molar-refractivity contribution in [3.05, 3.63) is 0 Å². The molecular weight excluding hydrogens is 469 g/mol. The van der Waals surface area contributed by atoms with Gasteiger partial charge in [-0.25, -0.2) is 4.57 Å². The van der Waals surface area contributed by atoms with Gasteiger partial charge in [0, 0.05) is 6.61 Å². The lowest BCUT2D eigenvalue weighted by atomic mass is 10.0. The van der Waals surface area contributed by atoms with E-state index in [9.17, 15) is 19.7 Å². The second-order valence-corrected chi connectivity index (χ2v) is 12.1. The zero-order valence-corrected chi connectivity index (χ0v) is 24.1. The lowest BCUT2D eigenvalue weighted by molar-refractivity contribution is -0.870. The molecule has 0 aromatic heterocycles. The van der Waals surface area contributed by atoms with Gasteiger partial charge in [-0.3, -0.25) is 9.05 Å². The Bertz CT molecular complexity index is 516. The molecule has 35 heavy (non-hydrogen) atoms. The number of quaternary nitrogens is 1. The van der Waals surface area contributed by atoms with E-state index in [4.69, 9.17) is 13.8 Å². The summed E-state index contributed by atoms with van der Waals surface area (Å²) in [7, 11) is 1.40. The van der Waals surface area contributed by atoms with Crippen LogP contribution in [0.25, 0.3) is 0 Å². The normalized spacial score (nSPS) is 15.7. The average molecular weight is 527 g/mol. The maximum absolute atomic E-state index is 12.0. The second-order valence-electron chi connectivity index (χ2n) is 10.7. The number of phosphoric ester groups is 1. The lowest BCUT2D eigenvalue weighted by Gasteiger charge is -2.26. The van der Waals surface area contributed by atoms with Crippen molar-refractivity contribution >= 4 is 7.82 Å². The van der Waals surface area contributed by atoms with Crippen molar-refractivity contribution in [1.29, 1.82) is 0 Å². The first kappa shape index (κ1) is 35.0. The third-order valence-corrected chi connectivity index (χ3v) is 7.12. The van der Waals surface area contributed by atoms with Gasteiger partial charge >= 0.3 is 7.82 Å². The average Bonchev–Trinajstić information content (AvgIpc) is 2.78. The van der Waals surface area contributed by atoms with Gasteiger partial charge in [-0.1, -0.05) is 103 Å². The molecule has 0 rings (SSSR count). The molecule has 212 valence electrons. The number of ether oxygens (including phenoxy) is 1. The molecule has 0 aromatic carbocycles. The zero-order chi connectivity index (χ0) is 26.4. The van der Waals surface area contributed by atoms with E-state index in [1.807, 2.05) is 21.1 Å². The van der Waals surface area contributed by atoms with E-state index in [0.717, 1.165) is 19.3 Å². The van der Waals surface area contributed by atoms with Crippen molar-refractivity contribution in [2.75, 3.05) is 47.5 Å². The molecule has 9 heteroatoms. The number of likely N-dealkylation sites (N-methyl/N-ethyl adjacent to an activating group) is 1. The number of aliphatic hydroxyl groups is 2. The van der Waals surface area contributed by atoms with Crippen LogP contribution in [0.1, 0.15) is 110 Å². The van der Waals surface area contributed by atoms with Gasteiger partial charge in [-0.2, -0.15) is 0 Å². The van der Waals surface area contributed by atoms with E-state index in [0.29, 0.717) is 17.6 Å². The van der Waals surface area contributed by atoms with Gasteiger partial charge in [0.25, 0.3) is 0 Å². The molecule has 0 saturated heterocycles. The highest BCUT2D eigenvalue weighted by Gasteiger charge is 2.31. The molecule has 0 aliphatic carbocycles. The van der Waals surface area contributed by atoms with Crippen LogP contribution in [0, 0.1) is 0 Å². The molecule has 3 atom stereocenters. The van der Waals surface area contributed by atoms with Gasteiger partial charge in [-0.05, 0) is 6.42 Å². The molecule has 0 aromatic rings. The van der Waals surface area contributed by atoms with Crippen molar-refractivity contribution in [2.45, 2.75) is 122 Å². The number of hydrogen-bond acceptors (Lipinski definition) is 6. The van der Waals surface area contributed by atoms with Gasteiger partial charge in [0.1, 0.15) is 19.3 Å². The molecule has 0 amide bonds. The van der Waals surface area contributed by atoms with Gasteiger partial charge in [0.2, 0.25) is 0 Å². The fraction of sp³-hybridized carbons (Fsp3) is 1.00. The van der Waals surface area contributed by atoms with Crippen molar-refractivity contribution in [3.8, 4) is 0 Å². The van der Waals surface area contributed by atoms with Gasteiger partial charge in [0.05, 0.1) is 27.7 Å². The molecule has 0 radical (unpaired) electrons. The monoisotopic (exact) mass is 526 g/mol. The third-order valence-electron chi connectivity index (χ3n) is 6.07. The standard InChI is InChI=1S/C26H56NO7P/c1-5-6-7-8-9-10-11-12-13-14-15-16-17-18-19-20-22-32-26(29)25(24-28)34-35(30,31)33-23-21-27(2,3)4/h25-26,28-29H,5-24H2,1-4H3/p+1/t25-,26?/m0/s1. The van der Waals surface area contributed by atoms with Gasteiger partial charge in [0.15, 0.2) is 6.29 Å². The first-order valence-electron chi connectivity index (χ1n) is 14.0. The van der Waals surface area contributed by atoms with E-state index in [-0.39, 0.29) is 6.61 Å². The van der Waals surface area contributed by atoms with Crippen LogP contribution in [0.2, 0.25) is 0 Å². The number of hydrogen-bond donors (Lipinski definition) is 3. The third kappa shape index (κ3) is 24.1. The van der Waals surface area contributed by atoms with Crippen LogP contribution in [0.4, 0.5) is 0 Å². The minimum Gasteiger partial charge on any atom is -0.393 e. The number of phosphoric acid groups is 1. The van der Waals surface area contributed by atoms with Gasteiger partial charge in [-0.15, -0.1) is 0 Å². The number of aliphatic hydroxyl groups excluding tert-OH is 2. The van der Waals surface area contributed by atoms with E-state index in [2.05, 4.69) is 6.92 Å². The van der Waals surface area contributed by atoms with Crippen LogP contribution in [0.3, 0.4) is 0 Å². The summed E-state index contributed by atoms with van der Waals surface area (Å²) < 4.78 is 27.7. The molecule has 0 bridgehead atoms. The van der Waals surface area contributed by atoms with Crippen molar-refractivity contribution < 1.29 is 37.9 Å². The Morgan fingerprint density at radius 2 is 1.17 bits per heavy atom. The highest BCUT2D eigenvalue weighted by atomic mass is 31.2. The van der Waals surface area contributed by atoms with Crippen LogP contribution < -0.4 is 0 Å². The van der Waals surface area contributed by atoms with Crippen LogP contribution >= 0.6 is 7.82 Å². The molecule has 0 saturated carbocycles. The second kappa shape index (κ2) is 22.0. The van der Waals surface area contributed by atoms with Crippen molar-refractivity contribution in [2.24, 2.45) is 0 Å². The summed E-state index contributed by atoms with van der Waals surface area (Å²) >= 11 is 0. The molecular formula is C26H57NO7P+.